The Labute approximate surface area is 125 Å². The molecule has 1 aliphatic rings. The minimum absolute atomic E-state index is 0.0229. The summed E-state index contributed by atoms with van der Waals surface area (Å²) in [6.07, 6.45) is 2.27. The summed E-state index contributed by atoms with van der Waals surface area (Å²) in [7, 11) is 1.58. The Balaban J connectivity index is 2.20. The first-order chi connectivity index (χ1) is 9.52. The molecule has 1 heterocycles. The number of benzene rings is 1. The van der Waals surface area contributed by atoms with Gasteiger partial charge in [-0.25, -0.2) is 0 Å². The van der Waals surface area contributed by atoms with Crippen molar-refractivity contribution in [1.82, 2.24) is 4.90 Å². The molecule has 1 fully saturated rings. The zero-order valence-corrected chi connectivity index (χ0v) is 13.1. The number of piperidine rings is 1. The van der Waals surface area contributed by atoms with E-state index in [2.05, 4.69) is 13.8 Å². The van der Waals surface area contributed by atoms with Gasteiger partial charge in [0.05, 0.1) is 12.7 Å². The second kappa shape index (κ2) is 6.49. The van der Waals surface area contributed by atoms with E-state index in [9.17, 15) is 4.79 Å². The molecule has 20 heavy (non-hydrogen) atoms. The van der Waals surface area contributed by atoms with E-state index in [-0.39, 0.29) is 5.91 Å². The molecule has 2 rings (SSSR count). The van der Waals surface area contributed by atoms with Crippen molar-refractivity contribution in [1.29, 1.82) is 0 Å². The molecule has 110 valence electrons. The SMILES string of the molecule is COc1ccc(Cl)cc1C(=O)N1CCCC(C(C)C)C1. The maximum Gasteiger partial charge on any atom is 0.257 e. The maximum absolute atomic E-state index is 12.7. The van der Waals surface area contributed by atoms with Crippen molar-refractivity contribution in [3.63, 3.8) is 0 Å². The molecule has 0 aromatic heterocycles. The Morgan fingerprint density at radius 2 is 2.20 bits per heavy atom. The molecule has 1 aliphatic heterocycles. The number of halogens is 1. The summed E-state index contributed by atoms with van der Waals surface area (Å²) >= 11 is 6.01. The van der Waals surface area contributed by atoms with Crippen LogP contribution in [0.4, 0.5) is 0 Å². The van der Waals surface area contributed by atoms with Crippen LogP contribution in [0, 0.1) is 11.8 Å². The van der Waals surface area contributed by atoms with Gasteiger partial charge in [0.15, 0.2) is 0 Å². The largest absolute Gasteiger partial charge is 0.496 e. The van der Waals surface area contributed by atoms with E-state index in [1.165, 1.54) is 6.42 Å². The van der Waals surface area contributed by atoms with Crippen LogP contribution in [-0.4, -0.2) is 31.0 Å². The zero-order chi connectivity index (χ0) is 14.7. The second-order valence-electron chi connectivity index (χ2n) is 5.74. The van der Waals surface area contributed by atoms with Crippen molar-refractivity contribution in [3.05, 3.63) is 28.8 Å². The molecule has 3 nitrogen and oxygen atoms in total. The van der Waals surface area contributed by atoms with Gasteiger partial charge in [0, 0.05) is 18.1 Å². The number of hydrogen-bond acceptors (Lipinski definition) is 2. The number of likely N-dealkylation sites (tertiary alicyclic amines) is 1. The third-order valence-electron chi connectivity index (χ3n) is 4.08. The minimum atomic E-state index is 0.0229. The fourth-order valence-electron chi connectivity index (χ4n) is 2.76. The average Bonchev–Trinajstić information content (AvgIpc) is 2.46. The van der Waals surface area contributed by atoms with Crippen LogP contribution < -0.4 is 4.74 Å². The molecule has 0 N–H and O–H groups in total. The predicted molar refractivity (Wildman–Crippen MR) is 81.5 cm³/mol. The highest BCUT2D eigenvalue weighted by Crippen LogP contribution is 2.28. The van der Waals surface area contributed by atoms with Gasteiger partial charge >= 0.3 is 0 Å². The lowest BCUT2D eigenvalue weighted by molar-refractivity contribution is 0.0638. The van der Waals surface area contributed by atoms with Gasteiger partial charge in [0.1, 0.15) is 5.75 Å². The average molecular weight is 296 g/mol. The van der Waals surface area contributed by atoms with Gasteiger partial charge in [-0.05, 0) is 42.9 Å². The summed E-state index contributed by atoms with van der Waals surface area (Å²) in [5, 5.41) is 0.562. The van der Waals surface area contributed by atoms with Crippen molar-refractivity contribution in [3.8, 4) is 5.75 Å². The van der Waals surface area contributed by atoms with Crippen LogP contribution in [-0.2, 0) is 0 Å². The molecule has 0 spiro atoms. The topological polar surface area (TPSA) is 29.5 Å². The number of ether oxygens (including phenoxy) is 1. The summed E-state index contributed by atoms with van der Waals surface area (Å²) in [4.78, 5) is 14.6. The van der Waals surface area contributed by atoms with Gasteiger partial charge in [0.25, 0.3) is 5.91 Å². The summed E-state index contributed by atoms with van der Waals surface area (Å²) in [5.74, 6) is 1.80. The Bertz CT molecular complexity index is 487. The molecule has 0 aliphatic carbocycles. The molecule has 1 saturated heterocycles. The molecule has 0 radical (unpaired) electrons. The third kappa shape index (κ3) is 3.26. The van der Waals surface area contributed by atoms with E-state index < -0.39 is 0 Å². The van der Waals surface area contributed by atoms with Crippen LogP contribution in [0.1, 0.15) is 37.0 Å². The van der Waals surface area contributed by atoms with Gasteiger partial charge in [-0.3, -0.25) is 4.79 Å². The summed E-state index contributed by atoms with van der Waals surface area (Å²) in [6.45, 7) is 6.08. The Hall–Kier alpha value is -1.22. The van der Waals surface area contributed by atoms with E-state index in [0.29, 0.717) is 28.2 Å². The molecule has 1 atom stereocenters. The van der Waals surface area contributed by atoms with Crippen LogP contribution >= 0.6 is 11.6 Å². The molecule has 0 bridgehead atoms. The normalized spacial score (nSPS) is 19.2. The van der Waals surface area contributed by atoms with Crippen molar-refractivity contribution in [2.45, 2.75) is 26.7 Å². The second-order valence-corrected chi connectivity index (χ2v) is 6.18. The van der Waals surface area contributed by atoms with Gasteiger partial charge in [-0.2, -0.15) is 0 Å². The van der Waals surface area contributed by atoms with Crippen molar-refractivity contribution < 1.29 is 9.53 Å². The van der Waals surface area contributed by atoms with Crippen molar-refractivity contribution in [2.75, 3.05) is 20.2 Å². The van der Waals surface area contributed by atoms with E-state index in [0.717, 1.165) is 19.5 Å². The highest BCUT2D eigenvalue weighted by Gasteiger charge is 2.27. The Kier molecular flexibility index (Phi) is 4.92. The van der Waals surface area contributed by atoms with Crippen molar-refractivity contribution >= 4 is 17.5 Å². The van der Waals surface area contributed by atoms with Gasteiger partial charge in [0.2, 0.25) is 0 Å². The first kappa shape index (κ1) is 15.2. The van der Waals surface area contributed by atoms with Crippen molar-refractivity contribution in [2.24, 2.45) is 11.8 Å². The van der Waals surface area contributed by atoms with Crippen LogP contribution in [0.2, 0.25) is 5.02 Å². The first-order valence-electron chi connectivity index (χ1n) is 7.15. The number of carbonyl (C=O) groups is 1. The monoisotopic (exact) mass is 295 g/mol. The molecule has 1 aromatic carbocycles. The lowest BCUT2D eigenvalue weighted by atomic mass is 9.87. The molecule has 1 aromatic rings. The van der Waals surface area contributed by atoms with E-state index in [1.807, 2.05) is 4.90 Å². The van der Waals surface area contributed by atoms with Crippen LogP contribution in [0.25, 0.3) is 0 Å². The first-order valence-corrected chi connectivity index (χ1v) is 7.53. The van der Waals surface area contributed by atoms with Crippen LogP contribution in [0.3, 0.4) is 0 Å². The fraction of sp³-hybridized carbons (Fsp3) is 0.562. The summed E-state index contributed by atoms with van der Waals surface area (Å²) < 4.78 is 5.28. The smallest absolute Gasteiger partial charge is 0.257 e. The van der Waals surface area contributed by atoms with Crippen LogP contribution in [0.5, 0.6) is 5.75 Å². The third-order valence-corrected chi connectivity index (χ3v) is 4.31. The molecule has 4 heteroatoms. The van der Waals surface area contributed by atoms with Gasteiger partial charge < -0.3 is 9.64 Å². The highest BCUT2D eigenvalue weighted by molar-refractivity contribution is 6.31. The Morgan fingerprint density at radius 3 is 2.85 bits per heavy atom. The fourth-order valence-corrected chi connectivity index (χ4v) is 2.93. The van der Waals surface area contributed by atoms with Crippen LogP contribution in [0.15, 0.2) is 18.2 Å². The molecule has 0 saturated carbocycles. The lowest BCUT2D eigenvalue weighted by Crippen LogP contribution is -2.41. The number of amides is 1. The number of carbonyl (C=O) groups excluding carboxylic acids is 1. The number of methoxy groups -OCH3 is 1. The highest BCUT2D eigenvalue weighted by atomic mass is 35.5. The lowest BCUT2D eigenvalue weighted by Gasteiger charge is -2.35. The molecule has 1 amide bonds. The van der Waals surface area contributed by atoms with E-state index in [1.54, 1.807) is 25.3 Å². The minimum Gasteiger partial charge on any atom is -0.496 e. The molecular formula is C16H22ClNO2. The van der Waals surface area contributed by atoms with E-state index in [4.69, 9.17) is 16.3 Å². The predicted octanol–water partition coefficient (Wildman–Crippen LogP) is 3.86. The number of nitrogens with zero attached hydrogens (tertiary/aromatic N) is 1. The van der Waals surface area contributed by atoms with Gasteiger partial charge in [-0.1, -0.05) is 25.4 Å². The Morgan fingerprint density at radius 1 is 1.45 bits per heavy atom. The zero-order valence-electron chi connectivity index (χ0n) is 12.4. The number of rotatable bonds is 3. The quantitative estimate of drug-likeness (QED) is 0.847. The summed E-state index contributed by atoms with van der Waals surface area (Å²) in [5.41, 5.74) is 0.560. The summed E-state index contributed by atoms with van der Waals surface area (Å²) in [6, 6.07) is 5.19. The maximum atomic E-state index is 12.7. The molecule has 1 unspecified atom stereocenters. The molecular weight excluding hydrogens is 274 g/mol. The van der Waals surface area contributed by atoms with Gasteiger partial charge in [-0.15, -0.1) is 0 Å². The number of hydrogen-bond donors (Lipinski definition) is 0. The standard InChI is InChI=1S/C16H22ClNO2/c1-11(2)12-5-4-8-18(10-12)16(19)14-9-13(17)6-7-15(14)20-3/h6-7,9,11-12H,4-5,8,10H2,1-3H3. The van der Waals surface area contributed by atoms with E-state index >= 15 is 0 Å².